The highest BCUT2D eigenvalue weighted by Gasteiger charge is 2.27. The van der Waals surface area contributed by atoms with Crippen LogP contribution in [-0.2, 0) is 16.1 Å². The van der Waals surface area contributed by atoms with Crippen LogP contribution in [0.25, 0.3) is 0 Å². The topological polar surface area (TPSA) is 75.0 Å². The summed E-state index contributed by atoms with van der Waals surface area (Å²) in [5.74, 6) is 0.360. The van der Waals surface area contributed by atoms with E-state index in [0.717, 1.165) is 55.6 Å². The lowest BCUT2D eigenvalue weighted by Crippen LogP contribution is -2.37. The van der Waals surface area contributed by atoms with E-state index >= 15 is 0 Å². The monoisotopic (exact) mass is 425 g/mol. The molecule has 7 nitrogen and oxygen atoms in total. The van der Waals surface area contributed by atoms with Gasteiger partial charge in [0.2, 0.25) is 5.91 Å². The Bertz CT molecular complexity index is 900. The van der Waals surface area contributed by atoms with E-state index in [-0.39, 0.29) is 23.8 Å². The minimum absolute atomic E-state index is 0.0308. The Labute approximate surface area is 183 Å². The number of rotatable bonds is 8. The van der Waals surface area contributed by atoms with Gasteiger partial charge in [-0.3, -0.25) is 9.59 Å². The highest BCUT2D eigenvalue weighted by molar-refractivity contribution is 5.93. The lowest BCUT2D eigenvalue weighted by Gasteiger charge is -2.28. The molecule has 2 aliphatic rings. The van der Waals surface area contributed by atoms with Gasteiger partial charge in [-0.1, -0.05) is 6.42 Å². The third-order valence-corrected chi connectivity index (χ3v) is 6.13. The second kappa shape index (κ2) is 9.56. The van der Waals surface area contributed by atoms with Gasteiger partial charge in [-0.15, -0.1) is 0 Å². The van der Waals surface area contributed by atoms with E-state index in [1.165, 1.54) is 6.26 Å². The molecule has 0 bridgehead atoms. The summed E-state index contributed by atoms with van der Waals surface area (Å²) in [5.41, 5.74) is 2.74. The van der Waals surface area contributed by atoms with Gasteiger partial charge >= 0.3 is 0 Å². The summed E-state index contributed by atoms with van der Waals surface area (Å²) in [4.78, 5) is 29.4. The Balaban J connectivity index is 1.57. The zero-order valence-corrected chi connectivity index (χ0v) is 18.3. The molecule has 4 rings (SSSR count). The molecule has 1 saturated carbocycles. The normalized spacial score (nSPS) is 18.5. The van der Waals surface area contributed by atoms with Gasteiger partial charge < -0.3 is 24.3 Å². The molecule has 31 heavy (non-hydrogen) atoms. The number of anilines is 2. The van der Waals surface area contributed by atoms with Gasteiger partial charge in [-0.2, -0.15) is 0 Å². The molecule has 1 aliphatic carbocycles. The maximum absolute atomic E-state index is 13.2. The first-order valence-electron chi connectivity index (χ1n) is 11.1. The van der Waals surface area contributed by atoms with Crippen molar-refractivity contribution in [2.45, 2.75) is 44.8 Å². The second-order valence-corrected chi connectivity index (χ2v) is 8.65. The summed E-state index contributed by atoms with van der Waals surface area (Å²) in [7, 11) is 3.95. The lowest BCUT2D eigenvalue weighted by molar-refractivity contribution is -0.122. The molecule has 0 radical (unpaired) electrons. The first-order chi connectivity index (χ1) is 15.0. The summed E-state index contributed by atoms with van der Waals surface area (Å²) >= 11 is 0. The van der Waals surface area contributed by atoms with Crippen LogP contribution in [0.1, 0.15) is 48.2 Å². The van der Waals surface area contributed by atoms with Crippen LogP contribution in [0.3, 0.4) is 0 Å². The fourth-order valence-electron chi connectivity index (χ4n) is 4.16. The smallest absolute Gasteiger partial charge is 0.289 e. The summed E-state index contributed by atoms with van der Waals surface area (Å²) in [6.45, 7) is 1.64. The molecule has 1 atom stereocenters. The molecule has 1 aromatic carbocycles. The zero-order valence-electron chi connectivity index (χ0n) is 18.3. The van der Waals surface area contributed by atoms with E-state index < -0.39 is 0 Å². The Morgan fingerprint density at radius 1 is 1.13 bits per heavy atom. The molecule has 7 heteroatoms. The number of hydrogen-bond donors (Lipinski definition) is 1. The highest BCUT2D eigenvalue weighted by Crippen LogP contribution is 2.30. The number of furan rings is 1. The van der Waals surface area contributed by atoms with Crippen molar-refractivity contribution in [1.82, 2.24) is 4.90 Å². The molecule has 2 amide bonds. The summed E-state index contributed by atoms with van der Waals surface area (Å²) < 4.78 is 11.2. The van der Waals surface area contributed by atoms with Crippen molar-refractivity contribution in [1.29, 1.82) is 0 Å². The quantitative estimate of drug-likeness (QED) is 0.694. The van der Waals surface area contributed by atoms with Gasteiger partial charge in [-0.05, 0) is 61.6 Å². The van der Waals surface area contributed by atoms with E-state index in [0.29, 0.717) is 18.8 Å². The average molecular weight is 426 g/mol. The molecule has 0 unspecified atom stereocenters. The Morgan fingerprint density at radius 3 is 2.58 bits per heavy atom. The van der Waals surface area contributed by atoms with Gasteiger partial charge in [0.15, 0.2) is 5.76 Å². The molecular formula is C24H31N3O4. The molecule has 2 fully saturated rings. The van der Waals surface area contributed by atoms with Crippen molar-refractivity contribution >= 4 is 23.2 Å². The Hall–Kier alpha value is -2.80. The predicted octanol–water partition coefficient (Wildman–Crippen LogP) is 3.91. The van der Waals surface area contributed by atoms with Gasteiger partial charge in [0.05, 0.1) is 12.4 Å². The zero-order chi connectivity index (χ0) is 21.8. The average Bonchev–Trinajstić information content (AvgIpc) is 3.39. The van der Waals surface area contributed by atoms with Crippen LogP contribution in [0.15, 0.2) is 41.0 Å². The minimum Gasteiger partial charge on any atom is -0.459 e. The number of carbonyl (C=O) groups excluding carboxylic acids is 2. The van der Waals surface area contributed by atoms with Crippen molar-refractivity contribution < 1.29 is 18.7 Å². The van der Waals surface area contributed by atoms with Crippen molar-refractivity contribution in [3.63, 3.8) is 0 Å². The van der Waals surface area contributed by atoms with Gasteiger partial charge in [0.1, 0.15) is 0 Å². The SMILES string of the molecule is CN(C)c1ccc(NC(=O)C2CCC2)cc1CN(C[C@H]1CCCO1)C(=O)c1ccco1. The number of hydrogen-bond acceptors (Lipinski definition) is 5. The third kappa shape index (κ3) is 5.10. The minimum atomic E-state index is -0.158. The standard InChI is InChI=1S/C24H31N3O4/c1-26(2)21-11-10-19(25-23(28)17-6-3-7-17)14-18(21)15-27(16-20-8-4-12-30-20)24(29)22-9-5-13-31-22/h5,9-11,13-14,17,20H,3-4,6-8,12,15-16H2,1-2H3,(H,25,28)/t20-/m1/s1. The number of nitrogens with zero attached hydrogens (tertiary/aromatic N) is 2. The first kappa shape index (κ1) is 21.4. The van der Waals surface area contributed by atoms with Gasteiger partial charge in [-0.25, -0.2) is 0 Å². The molecule has 2 heterocycles. The van der Waals surface area contributed by atoms with Crippen LogP contribution in [0.5, 0.6) is 0 Å². The van der Waals surface area contributed by atoms with Crippen molar-refractivity contribution in [2.75, 3.05) is 37.5 Å². The van der Waals surface area contributed by atoms with Gasteiger partial charge in [0, 0.05) is 51.1 Å². The second-order valence-electron chi connectivity index (χ2n) is 8.65. The van der Waals surface area contributed by atoms with Crippen molar-refractivity contribution in [3.8, 4) is 0 Å². The number of benzene rings is 1. The van der Waals surface area contributed by atoms with E-state index in [2.05, 4.69) is 5.32 Å². The van der Waals surface area contributed by atoms with Crippen LogP contribution in [0.4, 0.5) is 11.4 Å². The van der Waals surface area contributed by atoms with E-state index in [1.807, 2.05) is 37.2 Å². The Kier molecular flexibility index (Phi) is 6.61. The highest BCUT2D eigenvalue weighted by atomic mass is 16.5. The molecule has 166 valence electrons. The summed E-state index contributed by atoms with van der Waals surface area (Å²) in [6.07, 6.45) is 6.54. The summed E-state index contributed by atoms with van der Waals surface area (Å²) in [5, 5.41) is 3.05. The van der Waals surface area contributed by atoms with E-state index in [1.54, 1.807) is 17.0 Å². The van der Waals surface area contributed by atoms with E-state index in [9.17, 15) is 9.59 Å². The molecule has 2 aromatic rings. The molecule has 1 aliphatic heterocycles. The number of ether oxygens (including phenoxy) is 1. The molecule has 1 N–H and O–H groups in total. The maximum Gasteiger partial charge on any atom is 0.289 e. The molecule has 1 saturated heterocycles. The summed E-state index contributed by atoms with van der Waals surface area (Å²) in [6, 6.07) is 9.30. The molecular weight excluding hydrogens is 394 g/mol. The number of carbonyl (C=O) groups is 2. The van der Waals surface area contributed by atoms with Crippen LogP contribution in [0, 0.1) is 5.92 Å². The maximum atomic E-state index is 13.2. The molecule has 1 aromatic heterocycles. The lowest BCUT2D eigenvalue weighted by atomic mass is 9.85. The van der Waals surface area contributed by atoms with E-state index in [4.69, 9.17) is 9.15 Å². The first-order valence-corrected chi connectivity index (χ1v) is 11.1. The van der Waals surface area contributed by atoms with Gasteiger partial charge in [0.25, 0.3) is 5.91 Å². The predicted molar refractivity (Wildman–Crippen MR) is 119 cm³/mol. The fourth-order valence-corrected chi connectivity index (χ4v) is 4.16. The van der Waals surface area contributed by atoms with Crippen molar-refractivity contribution in [2.24, 2.45) is 5.92 Å². The van der Waals surface area contributed by atoms with Crippen molar-refractivity contribution in [3.05, 3.63) is 47.9 Å². The fraction of sp³-hybridized carbons (Fsp3) is 0.500. The number of nitrogens with one attached hydrogen (secondary N) is 1. The third-order valence-electron chi connectivity index (χ3n) is 6.13. The number of amides is 2. The van der Waals surface area contributed by atoms with Crippen LogP contribution < -0.4 is 10.2 Å². The Morgan fingerprint density at radius 2 is 1.97 bits per heavy atom. The van der Waals surface area contributed by atoms with Crippen LogP contribution in [-0.4, -0.2) is 50.1 Å². The van der Waals surface area contributed by atoms with Crippen LogP contribution in [0.2, 0.25) is 0 Å². The van der Waals surface area contributed by atoms with Crippen LogP contribution >= 0.6 is 0 Å². The molecule has 0 spiro atoms. The largest absolute Gasteiger partial charge is 0.459 e.